The van der Waals surface area contributed by atoms with Crippen LogP contribution in [0.5, 0.6) is 0 Å². The Bertz CT molecular complexity index is 913. The van der Waals surface area contributed by atoms with E-state index in [0.717, 1.165) is 16.8 Å². The Hall–Kier alpha value is -2.82. The topological polar surface area (TPSA) is 61.4 Å². The van der Waals surface area contributed by atoms with E-state index in [0.29, 0.717) is 11.3 Å². The van der Waals surface area contributed by atoms with E-state index in [9.17, 15) is 9.59 Å². The highest BCUT2D eigenvalue weighted by Crippen LogP contribution is 2.45. The van der Waals surface area contributed by atoms with Gasteiger partial charge in [-0.3, -0.25) is 9.59 Å². The van der Waals surface area contributed by atoms with Gasteiger partial charge in [0, 0.05) is 24.0 Å². The third kappa shape index (κ3) is 2.02. The van der Waals surface area contributed by atoms with Crippen LogP contribution in [0.1, 0.15) is 42.3 Å². The average Bonchev–Trinajstić information content (AvgIpc) is 2.84. The van der Waals surface area contributed by atoms with Crippen molar-refractivity contribution in [3.05, 3.63) is 59.2 Å². The van der Waals surface area contributed by atoms with E-state index in [1.54, 1.807) is 13.1 Å². The normalized spacial score (nSPS) is 21.7. The predicted molar refractivity (Wildman–Crippen MR) is 97.6 cm³/mol. The third-order valence-corrected chi connectivity index (χ3v) is 5.13. The van der Waals surface area contributed by atoms with Crippen molar-refractivity contribution >= 4 is 23.2 Å². The van der Waals surface area contributed by atoms with Gasteiger partial charge in [-0.25, -0.2) is 0 Å². The number of hydrogen-bond acceptors (Lipinski definition) is 3. The zero-order chi connectivity index (χ0) is 18.0. The van der Waals surface area contributed by atoms with Crippen LogP contribution in [0.25, 0.3) is 0 Å². The standard InChI is InChI=1S/C20H21N3O2/c1-19(2,3)12-9-10-16-14(11-12)20(18(25)21-16)22-15-8-6-5-7-13(15)17(24)23(20)4/h5-11,22H,1-4H3,(H,21,25)/t20-/m0/s1. The Balaban J connectivity index is 1.95. The molecule has 2 N–H and O–H groups in total. The monoisotopic (exact) mass is 335 g/mol. The SMILES string of the molecule is CN1C(=O)c2ccccc2N[C@]12C(=O)Nc1ccc(C(C)(C)C)cc12. The number of nitrogens with one attached hydrogen (secondary N) is 2. The van der Waals surface area contributed by atoms with Crippen molar-refractivity contribution in [2.24, 2.45) is 0 Å². The summed E-state index contributed by atoms with van der Waals surface area (Å²) >= 11 is 0. The number of rotatable bonds is 0. The highest BCUT2D eigenvalue weighted by molar-refractivity contribution is 6.14. The molecule has 0 bridgehead atoms. The lowest BCUT2D eigenvalue weighted by atomic mass is 9.83. The number of anilines is 2. The van der Waals surface area contributed by atoms with Gasteiger partial charge < -0.3 is 15.5 Å². The summed E-state index contributed by atoms with van der Waals surface area (Å²) in [6, 6.07) is 13.3. The van der Waals surface area contributed by atoms with Crippen LogP contribution in [-0.2, 0) is 15.9 Å². The number of nitrogens with zero attached hydrogens (tertiary/aromatic N) is 1. The molecule has 2 amide bonds. The second-order valence-corrected chi connectivity index (χ2v) is 7.71. The number of benzene rings is 2. The van der Waals surface area contributed by atoms with Gasteiger partial charge in [-0.15, -0.1) is 0 Å². The highest BCUT2D eigenvalue weighted by atomic mass is 16.2. The van der Waals surface area contributed by atoms with Gasteiger partial charge in [-0.2, -0.15) is 0 Å². The molecule has 2 aromatic carbocycles. The first kappa shape index (κ1) is 15.7. The van der Waals surface area contributed by atoms with E-state index >= 15 is 0 Å². The maximum Gasteiger partial charge on any atom is 0.276 e. The molecule has 128 valence electrons. The molecule has 0 fully saturated rings. The van der Waals surface area contributed by atoms with Crippen LogP contribution in [-0.4, -0.2) is 23.8 Å². The summed E-state index contributed by atoms with van der Waals surface area (Å²) in [5.41, 5.74) is 2.61. The second-order valence-electron chi connectivity index (χ2n) is 7.71. The molecule has 2 aromatic rings. The summed E-state index contributed by atoms with van der Waals surface area (Å²) in [6.45, 7) is 6.39. The fourth-order valence-corrected chi connectivity index (χ4v) is 3.60. The van der Waals surface area contributed by atoms with Crippen molar-refractivity contribution in [1.29, 1.82) is 0 Å². The molecule has 5 nitrogen and oxygen atoms in total. The van der Waals surface area contributed by atoms with Crippen LogP contribution in [0.4, 0.5) is 11.4 Å². The van der Waals surface area contributed by atoms with Crippen LogP contribution in [0.3, 0.4) is 0 Å². The maximum atomic E-state index is 13.0. The number of para-hydroxylation sites is 1. The van der Waals surface area contributed by atoms with E-state index in [4.69, 9.17) is 0 Å². The van der Waals surface area contributed by atoms with E-state index in [2.05, 4.69) is 31.4 Å². The largest absolute Gasteiger partial charge is 0.350 e. The Morgan fingerprint density at radius 3 is 2.44 bits per heavy atom. The van der Waals surface area contributed by atoms with Crippen LogP contribution in [0, 0.1) is 0 Å². The van der Waals surface area contributed by atoms with E-state index in [-0.39, 0.29) is 17.2 Å². The first-order chi connectivity index (χ1) is 11.7. The van der Waals surface area contributed by atoms with Gasteiger partial charge >= 0.3 is 0 Å². The number of likely N-dealkylation sites (N-methyl/N-ethyl adjacent to an activating group) is 1. The lowest BCUT2D eigenvalue weighted by Gasteiger charge is -2.42. The van der Waals surface area contributed by atoms with E-state index in [1.807, 2.05) is 36.4 Å². The molecular weight excluding hydrogens is 314 g/mol. The van der Waals surface area contributed by atoms with E-state index in [1.165, 1.54) is 4.90 Å². The summed E-state index contributed by atoms with van der Waals surface area (Å²) in [4.78, 5) is 27.4. The molecule has 0 aromatic heterocycles. The fraction of sp³-hybridized carbons (Fsp3) is 0.300. The van der Waals surface area contributed by atoms with Crippen molar-refractivity contribution in [3.8, 4) is 0 Å². The number of carbonyl (C=O) groups excluding carboxylic acids is 2. The molecule has 0 unspecified atom stereocenters. The van der Waals surface area contributed by atoms with Gasteiger partial charge in [0.25, 0.3) is 11.8 Å². The highest BCUT2D eigenvalue weighted by Gasteiger charge is 2.55. The number of fused-ring (bicyclic) bond motifs is 3. The number of amides is 2. The van der Waals surface area contributed by atoms with Crippen molar-refractivity contribution in [2.75, 3.05) is 17.7 Å². The Labute approximate surface area is 147 Å². The molecule has 0 radical (unpaired) electrons. The fourth-order valence-electron chi connectivity index (χ4n) is 3.60. The minimum Gasteiger partial charge on any atom is -0.350 e. The molecule has 2 aliphatic rings. The molecule has 2 heterocycles. The Morgan fingerprint density at radius 2 is 1.72 bits per heavy atom. The molecule has 1 atom stereocenters. The van der Waals surface area contributed by atoms with Crippen LogP contribution >= 0.6 is 0 Å². The molecular formula is C20H21N3O2. The summed E-state index contributed by atoms with van der Waals surface area (Å²) in [5, 5.41) is 6.25. The van der Waals surface area contributed by atoms with Gasteiger partial charge in [0.2, 0.25) is 5.66 Å². The van der Waals surface area contributed by atoms with Gasteiger partial charge in [-0.05, 0) is 35.2 Å². The molecule has 4 rings (SSSR count). The van der Waals surface area contributed by atoms with Gasteiger partial charge in [0.15, 0.2) is 0 Å². The molecule has 0 saturated heterocycles. The quantitative estimate of drug-likeness (QED) is 0.777. The summed E-state index contributed by atoms with van der Waals surface area (Å²) < 4.78 is 0. The zero-order valence-corrected chi connectivity index (χ0v) is 14.8. The Kier molecular flexibility index (Phi) is 3.04. The first-order valence-electron chi connectivity index (χ1n) is 8.37. The molecule has 25 heavy (non-hydrogen) atoms. The minimum absolute atomic E-state index is 0.0585. The second kappa shape index (κ2) is 4.85. The molecule has 2 aliphatic heterocycles. The average molecular weight is 335 g/mol. The lowest BCUT2D eigenvalue weighted by molar-refractivity contribution is -0.124. The molecule has 5 heteroatoms. The predicted octanol–water partition coefficient (Wildman–Crippen LogP) is 3.29. The van der Waals surface area contributed by atoms with Crippen LogP contribution in [0.2, 0.25) is 0 Å². The van der Waals surface area contributed by atoms with Gasteiger partial charge in [-0.1, -0.05) is 39.0 Å². The molecule has 1 spiro atoms. The number of carbonyl (C=O) groups is 2. The van der Waals surface area contributed by atoms with Crippen LogP contribution < -0.4 is 10.6 Å². The van der Waals surface area contributed by atoms with Crippen molar-refractivity contribution in [2.45, 2.75) is 31.8 Å². The summed E-state index contributed by atoms with van der Waals surface area (Å²) in [7, 11) is 1.67. The number of hydrogen-bond donors (Lipinski definition) is 2. The lowest BCUT2D eigenvalue weighted by Crippen LogP contribution is -2.59. The Morgan fingerprint density at radius 1 is 1.00 bits per heavy atom. The summed E-state index contributed by atoms with van der Waals surface area (Å²) in [5.74, 6) is -0.405. The van der Waals surface area contributed by atoms with Crippen molar-refractivity contribution < 1.29 is 9.59 Å². The van der Waals surface area contributed by atoms with Crippen molar-refractivity contribution in [3.63, 3.8) is 0 Å². The molecule has 0 aliphatic carbocycles. The minimum atomic E-state index is -1.22. The maximum absolute atomic E-state index is 13.0. The third-order valence-electron chi connectivity index (χ3n) is 5.13. The first-order valence-corrected chi connectivity index (χ1v) is 8.37. The van der Waals surface area contributed by atoms with Crippen LogP contribution in [0.15, 0.2) is 42.5 Å². The zero-order valence-electron chi connectivity index (χ0n) is 14.8. The summed E-state index contributed by atoms with van der Waals surface area (Å²) in [6.07, 6.45) is 0. The smallest absolute Gasteiger partial charge is 0.276 e. The van der Waals surface area contributed by atoms with E-state index < -0.39 is 5.66 Å². The van der Waals surface area contributed by atoms with Gasteiger partial charge in [0.05, 0.1) is 5.56 Å². The van der Waals surface area contributed by atoms with Crippen molar-refractivity contribution in [1.82, 2.24) is 4.90 Å². The molecule has 0 saturated carbocycles. The van der Waals surface area contributed by atoms with Gasteiger partial charge in [0.1, 0.15) is 0 Å².